The minimum Gasteiger partial charge on any atom is -0.355 e. The van der Waals surface area contributed by atoms with E-state index < -0.39 is 0 Å². The molecular formula is C10H19N5. The third-order valence-corrected chi connectivity index (χ3v) is 2.06. The predicted molar refractivity (Wildman–Crippen MR) is 62.6 cm³/mol. The summed E-state index contributed by atoms with van der Waals surface area (Å²) in [5, 5.41) is 0. The molecule has 5 nitrogen and oxygen atoms in total. The molecule has 15 heavy (non-hydrogen) atoms. The Labute approximate surface area is 90.7 Å². The second kappa shape index (κ2) is 5.50. The first-order valence-corrected chi connectivity index (χ1v) is 5.21. The van der Waals surface area contributed by atoms with E-state index in [4.69, 9.17) is 5.84 Å². The lowest BCUT2D eigenvalue weighted by Crippen LogP contribution is -2.28. The van der Waals surface area contributed by atoms with E-state index in [0.29, 0.717) is 11.7 Å². The van der Waals surface area contributed by atoms with Crippen molar-refractivity contribution >= 4 is 11.6 Å². The zero-order valence-electron chi connectivity index (χ0n) is 9.57. The summed E-state index contributed by atoms with van der Waals surface area (Å²) < 4.78 is 0. The molecule has 0 fully saturated rings. The number of hydrogen-bond donors (Lipinski definition) is 2. The van der Waals surface area contributed by atoms with E-state index in [0.717, 1.165) is 18.9 Å². The average molecular weight is 209 g/mol. The quantitative estimate of drug-likeness (QED) is 0.564. The number of nitrogens with one attached hydrogen (secondary N) is 1. The van der Waals surface area contributed by atoms with Gasteiger partial charge in [0.25, 0.3) is 0 Å². The first-order valence-electron chi connectivity index (χ1n) is 5.21. The zero-order valence-corrected chi connectivity index (χ0v) is 9.57. The van der Waals surface area contributed by atoms with Gasteiger partial charge in [-0.3, -0.25) is 4.98 Å². The van der Waals surface area contributed by atoms with Crippen LogP contribution >= 0.6 is 0 Å². The second-order valence-corrected chi connectivity index (χ2v) is 3.84. The zero-order chi connectivity index (χ0) is 11.3. The molecule has 0 aliphatic rings. The number of nitrogen functional groups attached to an aromatic ring is 1. The van der Waals surface area contributed by atoms with E-state index in [-0.39, 0.29) is 0 Å². The van der Waals surface area contributed by atoms with Crippen molar-refractivity contribution in [3.63, 3.8) is 0 Å². The topological polar surface area (TPSA) is 67.1 Å². The number of anilines is 2. The number of nitrogens with zero attached hydrogens (tertiary/aromatic N) is 3. The lowest BCUT2D eigenvalue weighted by molar-refractivity contribution is 0.614. The average Bonchev–Trinajstić information content (AvgIpc) is 2.25. The number of aromatic nitrogens is 2. The number of hydrogen-bond acceptors (Lipinski definition) is 5. The van der Waals surface area contributed by atoms with Crippen LogP contribution in [0.25, 0.3) is 0 Å². The first-order chi connectivity index (χ1) is 7.17. The van der Waals surface area contributed by atoms with Crippen LogP contribution in [0.1, 0.15) is 20.8 Å². The molecule has 0 radical (unpaired) electrons. The Kier molecular flexibility index (Phi) is 4.30. The van der Waals surface area contributed by atoms with Gasteiger partial charge in [0.2, 0.25) is 0 Å². The van der Waals surface area contributed by atoms with Gasteiger partial charge in [-0.05, 0) is 12.8 Å². The molecule has 0 amide bonds. The van der Waals surface area contributed by atoms with Gasteiger partial charge in [-0.25, -0.2) is 10.8 Å². The molecule has 1 aromatic rings. The minimum atomic E-state index is 0.592. The van der Waals surface area contributed by atoms with Crippen LogP contribution in [0.15, 0.2) is 12.4 Å². The number of nitrogens with two attached hydrogens (primary N) is 1. The van der Waals surface area contributed by atoms with Crippen molar-refractivity contribution in [1.29, 1.82) is 0 Å². The molecule has 0 atom stereocenters. The fourth-order valence-corrected chi connectivity index (χ4v) is 1.40. The third-order valence-electron chi connectivity index (χ3n) is 2.06. The lowest BCUT2D eigenvalue weighted by Gasteiger charge is -2.23. The smallest absolute Gasteiger partial charge is 0.160 e. The standard InChI is InChI=1S/C10H19N5/c1-4-15(7-8(2)3)10-6-12-5-9(13-10)14-11/h5-6,8H,4,7,11H2,1-3H3,(H,13,14). The largest absolute Gasteiger partial charge is 0.355 e. The molecule has 0 unspecified atom stereocenters. The molecular weight excluding hydrogens is 190 g/mol. The van der Waals surface area contributed by atoms with Crippen LogP contribution in [0.4, 0.5) is 11.6 Å². The van der Waals surface area contributed by atoms with Crippen molar-refractivity contribution in [2.75, 3.05) is 23.4 Å². The maximum absolute atomic E-state index is 5.29. The number of hydrazine groups is 1. The maximum Gasteiger partial charge on any atom is 0.160 e. The summed E-state index contributed by atoms with van der Waals surface area (Å²) in [5.74, 6) is 7.34. The van der Waals surface area contributed by atoms with Crippen LogP contribution < -0.4 is 16.2 Å². The van der Waals surface area contributed by atoms with Crippen LogP contribution in [-0.2, 0) is 0 Å². The SMILES string of the molecule is CCN(CC(C)C)c1cncc(NN)n1. The Morgan fingerprint density at radius 1 is 1.47 bits per heavy atom. The van der Waals surface area contributed by atoms with Crippen LogP contribution in [0.2, 0.25) is 0 Å². The summed E-state index contributed by atoms with van der Waals surface area (Å²) >= 11 is 0. The maximum atomic E-state index is 5.29. The van der Waals surface area contributed by atoms with Gasteiger partial charge in [-0.15, -0.1) is 0 Å². The summed E-state index contributed by atoms with van der Waals surface area (Å²) in [6.07, 6.45) is 3.36. The van der Waals surface area contributed by atoms with Gasteiger partial charge >= 0.3 is 0 Å². The van der Waals surface area contributed by atoms with Gasteiger partial charge in [-0.1, -0.05) is 13.8 Å². The molecule has 84 valence electrons. The Balaban J connectivity index is 2.81. The van der Waals surface area contributed by atoms with Crippen LogP contribution in [0.5, 0.6) is 0 Å². The van der Waals surface area contributed by atoms with Crippen molar-refractivity contribution in [3.05, 3.63) is 12.4 Å². The van der Waals surface area contributed by atoms with E-state index >= 15 is 0 Å². The highest BCUT2D eigenvalue weighted by Gasteiger charge is 2.08. The summed E-state index contributed by atoms with van der Waals surface area (Å²) in [6.45, 7) is 8.36. The van der Waals surface area contributed by atoms with Gasteiger partial charge < -0.3 is 10.3 Å². The monoisotopic (exact) mass is 209 g/mol. The highest BCUT2D eigenvalue weighted by Crippen LogP contribution is 2.13. The van der Waals surface area contributed by atoms with Crippen molar-refractivity contribution in [2.45, 2.75) is 20.8 Å². The van der Waals surface area contributed by atoms with Crippen LogP contribution in [0, 0.1) is 5.92 Å². The summed E-state index contributed by atoms with van der Waals surface area (Å²) in [6, 6.07) is 0. The fraction of sp³-hybridized carbons (Fsp3) is 0.600. The Morgan fingerprint density at radius 2 is 2.20 bits per heavy atom. The van der Waals surface area contributed by atoms with Gasteiger partial charge in [0.05, 0.1) is 12.4 Å². The first kappa shape index (κ1) is 11.7. The molecule has 0 aliphatic heterocycles. The normalized spacial score (nSPS) is 10.5. The molecule has 0 spiro atoms. The molecule has 1 aromatic heterocycles. The van der Waals surface area contributed by atoms with Crippen molar-refractivity contribution < 1.29 is 0 Å². The summed E-state index contributed by atoms with van der Waals surface area (Å²) in [4.78, 5) is 10.6. The summed E-state index contributed by atoms with van der Waals surface area (Å²) in [7, 11) is 0. The van der Waals surface area contributed by atoms with E-state index in [2.05, 4.69) is 41.1 Å². The predicted octanol–water partition coefficient (Wildman–Crippen LogP) is 1.24. The molecule has 0 bridgehead atoms. The number of rotatable bonds is 5. The lowest BCUT2D eigenvalue weighted by atomic mass is 10.2. The van der Waals surface area contributed by atoms with E-state index in [1.165, 1.54) is 0 Å². The Bertz CT molecular complexity index is 300. The molecule has 1 heterocycles. The third kappa shape index (κ3) is 3.36. The van der Waals surface area contributed by atoms with Gasteiger partial charge in [0.15, 0.2) is 5.82 Å². The molecule has 0 aliphatic carbocycles. The molecule has 0 aromatic carbocycles. The van der Waals surface area contributed by atoms with E-state index in [1.54, 1.807) is 12.4 Å². The van der Waals surface area contributed by atoms with E-state index in [9.17, 15) is 0 Å². The molecule has 3 N–H and O–H groups in total. The van der Waals surface area contributed by atoms with Crippen molar-refractivity contribution in [1.82, 2.24) is 9.97 Å². The van der Waals surface area contributed by atoms with E-state index in [1.807, 2.05) is 0 Å². The highest BCUT2D eigenvalue weighted by atomic mass is 15.3. The van der Waals surface area contributed by atoms with Gasteiger partial charge in [0, 0.05) is 13.1 Å². The second-order valence-electron chi connectivity index (χ2n) is 3.84. The Hall–Kier alpha value is -1.36. The molecule has 0 saturated carbocycles. The van der Waals surface area contributed by atoms with Gasteiger partial charge in [-0.2, -0.15) is 0 Å². The Morgan fingerprint density at radius 3 is 2.73 bits per heavy atom. The fourth-order valence-electron chi connectivity index (χ4n) is 1.40. The minimum absolute atomic E-state index is 0.592. The van der Waals surface area contributed by atoms with Crippen molar-refractivity contribution in [2.24, 2.45) is 11.8 Å². The highest BCUT2D eigenvalue weighted by molar-refractivity contribution is 5.42. The molecule has 1 rings (SSSR count). The molecule has 5 heteroatoms. The van der Waals surface area contributed by atoms with Crippen LogP contribution in [-0.4, -0.2) is 23.1 Å². The van der Waals surface area contributed by atoms with Crippen LogP contribution in [0.3, 0.4) is 0 Å². The van der Waals surface area contributed by atoms with Gasteiger partial charge in [0.1, 0.15) is 5.82 Å². The van der Waals surface area contributed by atoms with Crippen molar-refractivity contribution in [3.8, 4) is 0 Å². The summed E-state index contributed by atoms with van der Waals surface area (Å²) in [5.41, 5.74) is 2.50. The molecule has 0 saturated heterocycles.